The van der Waals surface area contributed by atoms with Gasteiger partial charge in [0.2, 0.25) is 5.91 Å². The molecule has 2 aromatic rings. The summed E-state index contributed by atoms with van der Waals surface area (Å²) in [6.07, 6.45) is 4.74. The molecule has 0 unspecified atom stereocenters. The second kappa shape index (κ2) is 7.34. The monoisotopic (exact) mass is 326 g/mol. The van der Waals surface area contributed by atoms with Gasteiger partial charge in [0.1, 0.15) is 13.2 Å². The standard InChI is InChI=1S/C19H22N2O3/c1-14-11-17-18(24-10-9-23-17)12-16(14)13-19(22)21(2)8-5-15-3-6-20-7-4-15/h3-4,6-7,11-12H,5,8-10,13H2,1-2H3. The van der Waals surface area contributed by atoms with Crippen LogP contribution in [0.1, 0.15) is 16.7 Å². The van der Waals surface area contributed by atoms with E-state index < -0.39 is 0 Å². The quantitative estimate of drug-likeness (QED) is 0.847. The van der Waals surface area contributed by atoms with Crippen molar-refractivity contribution in [2.24, 2.45) is 0 Å². The van der Waals surface area contributed by atoms with Crippen molar-refractivity contribution in [1.29, 1.82) is 0 Å². The van der Waals surface area contributed by atoms with Crippen molar-refractivity contribution < 1.29 is 14.3 Å². The summed E-state index contributed by atoms with van der Waals surface area (Å²) in [6.45, 7) is 3.81. The number of fused-ring (bicyclic) bond motifs is 1. The third-order valence-electron chi connectivity index (χ3n) is 4.25. The van der Waals surface area contributed by atoms with Crippen molar-refractivity contribution in [3.05, 3.63) is 53.3 Å². The second-order valence-electron chi connectivity index (χ2n) is 6.02. The smallest absolute Gasteiger partial charge is 0.226 e. The molecule has 0 bridgehead atoms. The van der Waals surface area contributed by atoms with E-state index in [0.717, 1.165) is 29.0 Å². The van der Waals surface area contributed by atoms with Crippen molar-refractivity contribution in [3.63, 3.8) is 0 Å². The molecule has 0 spiro atoms. The van der Waals surface area contributed by atoms with Crippen molar-refractivity contribution in [3.8, 4) is 11.5 Å². The SMILES string of the molecule is Cc1cc2c(cc1CC(=O)N(C)CCc1ccncc1)OCCO2. The van der Waals surface area contributed by atoms with Crippen LogP contribution in [-0.2, 0) is 17.6 Å². The van der Waals surface area contributed by atoms with Gasteiger partial charge in [-0.1, -0.05) is 0 Å². The zero-order valence-electron chi connectivity index (χ0n) is 14.1. The van der Waals surface area contributed by atoms with E-state index in [2.05, 4.69) is 4.98 Å². The van der Waals surface area contributed by atoms with E-state index in [1.54, 1.807) is 17.3 Å². The topological polar surface area (TPSA) is 51.7 Å². The van der Waals surface area contributed by atoms with Crippen LogP contribution in [0.3, 0.4) is 0 Å². The van der Waals surface area contributed by atoms with Crippen LogP contribution in [0.15, 0.2) is 36.7 Å². The normalized spacial score (nSPS) is 12.8. The zero-order chi connectivity index (χ0) is 16.9. The Morgan fingerprint density at radius 2 is 1.83 bits per heavy atom. The molecule has 126 valence electrons. The highest BCUT2D eigenvalue weighted by Gasteiger charge is 2.17. The molecule has 0 saturated carbocycles. The van der Waals surface area contributed by atoms with Crippen molar-refractivity contribution >= 4 is 5.91 Å². The number of hydrogen-bond acceptors (Lipinski definition) is 4. The predicted molar refractivity (Wildman–Crippen MR) is 91.5 cm³/mol. The van der Waals surface area contributed by atoms with Gasteiger partial charge in [0, 0.05) is 26.0 Å². The Labute approximate surface area is 142 Å². The molecule has 3 rings (SSSR count). The number of likely N-dealkylation sites (N-methyl/N-ethyl adjacent to an activating group) is 1. The van der Waals surface area contributed by atoms with Gasteiger partial charge in [0.15, 0.2) is 11.5 Å². The molecule has 0 saturated heterocycles. The molecule has 0 radical (unpaired) electrons. The number of amides is 1. The Balaban J connectivity index is 1.61. The molecule has 1 aliphatic rings. The lowest BCUT2D eigenvalue weighted by Crippen LogP contribution is -2.30. The molecule has 24 heavy (non-hydrogen) atoms. The van der Waals surface area contributed by atoms with E-state index in [9.17, 15) is 4.79 Å². The van der Waals surface area contributed by atoms with Gasteiger partial charge in [-0.05, 0) is 54.3 Å². The zero-order valence-corrected chi connectivity index (χ0v) is 14.1. The predicted octanol–water partition coefficient (Wildman–Crippen LogP) is 2.40. The molecule has 5 heteroatoms. The van der Waals surface area contributed by atoms with E-state index in [-0.39, 0.29) is 5.91 Å². The number of pyridine rings is 1. The average molecular weight is 326 g/mol. The Morgan fingerprint density at radius 3 is 2.54 bits per heavy atom. The van der Waals surface area contributed by atoms with Crippen LogP contribution in [0, 0.1) is 6.92 Å². The van der Waals surface area contributed by atoms with E-state index >= 15 is 0 Å². The summed E-state index contributed by atoms with van der Waals surface area (Å²) in [6, 6.07) is 7.83. The van der Waals surface area contributed by atoms with Crippen LogP contribution >= 0.6 is 0 Å². The van der Waals surface area contributed by atoms with Crippen molar-refractivity contribution in [2.75, 3.05) is 26.8 Å². The number of ether oxygens (including phenoxy) is 2. The molecule has 0 atom stereocenters. The summed E-state index contributed by atoms with van der Waals surface area (Å²) in [5.74, 6) is 1.60. The first-order valence-electron chi connectivity index (χ1n) is 8.15. The number of carbonyl (C=O) groups excluding carboxylic acids is 1. The number of hydrogen-bond donors (Lipinski definition) is 0. The first kappa shape index (κ1) is 16.3. The summed E-state index contributed by atoms with van der Waals surface area (Å²) >= 11 is 0. The third-order valence-corrected chi connectivity index (χ3v) is 4.25. The first-order chi connectivity index (χ1) is 11.6. The van der Waals surface area contributed by atoms with E-state index in [4.69, 9.17) is 9.47 Å². The molecule has 5 nitrogen and oxygen atoms in total. The van der Waals surface area contributed by atoms with Crippen LogP contribution in [0.4, 0.5) is 0 Å². The maximum atomic E-state index is 12.5. The van der Waals surface area contributed by atoms with Crippen LogP contribution < -0.4 is 9.47 Å². The fourth-order valence-electron chi connectivity index (χ4n) is 2.69. The van der Waals surface area contributed by atoms with E-state index in [0.29, 0.717) is 26.2 Å². The minimum atomic E-state index is 0.101. The van der Waals surface area contributed by atoms with Gasteiger partial charge in [-0.25, -0.2) is 0 Å². The third kappa shape index (κ3) is 3.85. The number of rotatable bonds is 5. The van der Waals surface area contributed by atoms with Gasteiger partial charge >= 0.3 is 0 Å². The van der Waals surface area contributed by atoms with Crippen LogP contribution in [0.5, 0.6) is 11.5 Å². The highest BCUT2D eigenvalue weighted by molar-refractivity contribution is 5.79. The van der Waals surface area contributed by atoms with Gasteiger partial charge in [-0.3, -0.25) is 9.78 Å². The Bertz CT molecular complexity index is 716. The van der Waals surface area contributed by atoms with Crippen LogP contribution in [-0.4, -0.2) is 42.6 Å². The molecule has 0 fully saturated rings. The van der Waals surface area contributed by atoms with Gasteiger partial charge in [-0.15, -0.1) is 0 Å². The number of aromatic nitrogens is 1. The lowest BCUT2D eigenvalue weighted by atomic mass is 10.0. The van der Waals surface area contributed by atoms with Gasteiger partial charge in [0.25, 0.3) is 0 Å². The maximum Gasteiger partial charge on any atom is 0.226 e. The largest absolute Gasteiger partial charge is 0.486 e. The summed E-state index contributed by atoms with van der Waals surface area (Å²) in [7, 11) is 1.84. The second-order valence-corrected chi connectivity index (χ2v) is 6.02. The van der Waals surface area contributed by atoms with Crippen LogP contribution in [0.25, 0.3) is 0 Å². The maximum absolute atomic E-state index is 12.5. The van der Waals surface area contributed by atoms with Crippen molar-refractivity contribution in [1.82, 2.24) is 9.88 Å². The Kier molecular flexibility index (Phi) is 4.99. The summed E-state index contributed by atoms with van der Waals surface area (Å²) < 4.78 is 11.2. The molecule has 1 aromatic carbocycles. The van der Waals surface area contributed by atoms with Gasteiger partial charge in [0.05, 0.1) is 6.42 Å². The Morgan fingerprint density at radius 1 is 1.17 bits per heavy atom. The number of aryl methyl sites for hydroxylation is 1. The summed E-state index contributed by atoms with van der Waals surface area (Å²) in [5.41, 5.74) is 3.22. The number of carbonyl (C=O) groups is 1. The molecule has 2 heterocycles. The molecule has 1 aliphatic heterocycles. The highest BCUT2D eigenvalue weighted by Crippen LogP contribution is 2.33. The Hall–Kier alpha value is -2.56. The number of benzene rings is 1. The fourth-order valence-corrected chi connectivity index (χ4v) is 2.69. The van der Waals surface area contributed by atoms with Crippen LogP contribution in [0.2, 0.25) is 0 Å². The molecule has 1 amide bonds. The average Bonchev–Trinajstić information content (AvgIpc) is 2.61. The minimum Gasteiger partial charge on any atom is -0.486 e. The van der Waals surface area contributed by atoms with Crippen molar-refractivity contribution in [2.45, 2.75) is 19.8 Å². The van der Waals surface area contributed by atoms with Gasteiger partial charge in [-0.2, -0.15) is 0 Å². The van der Waals surface area contributed by atoms with E-state index in [1.807, 2.05) is 38.2 Å². The fraction of sp³-hybridized carbons (Fsp3) is 0.368. The highest BCUT2D eigenvalue weighted by atomic mass is 16.6. The summed E-state index contributed by atoms with van der Waals surface area (Å²) in [4.78, 5) is 18.3. The first-order valence-corrected chi connectivity index (χ1v) is 8.15. The minimum absolute atomic E-state index is 0.101. The lowest BCUT2D eigenvalue weighted by Gasteiger charge is -2.21. The lowest BCUT2D eigenvalue weighted by molar-refractivity contribution is -0.129. The molecular formula is C19H22N2O3. The van der Waals surface area contributed by atoms with Gasteiger partial charge < -0.3 is 14.4 Å². The summed E-state index contributed by atoms with van der Waals surface area (Å²) in [5, 5.41) is 0. The number of nitrogens with zero attached hydrogens (tertiary/aromatic N) is 2. The van der Waals surface area contributed by atoms with E-state index in [1.165, 1.54) is 5.56 Å². The molecule has 1 aromatic heterocycles. The molecule has 0 N–H and O–H groups in total. The molecular weight excluding hydrogens is 304 g/mol. The molecule has 0 aliphatic carbocycles.